The van der Waals surface area contributed by atoms with Gasteiger partial charge < -0.3 is 10.0 Å². The third kappa shape index (κ3) is 2.83. The number of aliphatic hydroxyl groups is 1. The Balaban J connectivity index is 1.91. The minimum atomic E-state index is -4.53. The van der Waals surface area contributed by atoms with Gasteiger partial charge in [0.25, 0.3) is 5.78 Å². The lowest BCUT2D eigenvalue weighted by molar-refractivity contribution is -0.141. The molecule has 22 heavy (non-hydrogen) atoms. The SMILES string of the molecule is OCCN1CCN(c2cc(C(F)(F)F)nc3ncnn23)CC1. The van der Waals surface area contributed by atoms with Crippen molar-refractivity contribution in [2.75, 3.05) is 44.2 Å². The molecule has 1 fully saturated rings. The van der Waals surface area contributed by atoms with Crippen molar-refractivity contribution in [2.24, 2.45) is 0 Å². The van der Waals surface area contributed by atoms with Gasteiger partial charge in [0.2, 0.25) is 0 Å². The number of β-amino-alcohol motifs (C(OH)–C–C–N with tert-alkyl or cyclic N) is 1. The van der Waals surface area contributed by atoms with Crippen LogP contribution in [0.2, 0.25) is 0 Å². The van der Waals surface area contributed by atoms with E-state index in [2.05, 4.69) is 20.0 Å². The third-order valence-corrected chi connectivity index (χ3v) is 3.64. The van der Waals surface area contributed by atoms with Gasteiger partial charge in [-0.05, 0) is 0 Å². The molecule has 1 saturated heterocycles. The average Bonchev–Trinajstić information content (AvgIpc) is 2.95. The van der Waals surface area contributed by atoms with E-state index >= 15 is 0 Å². The summed E-state index contributed by atoms with van der Waals surface area (Å²) in [6, 6.07) is 1.00. The molecule has 7 nitrogen and oxygen atoms in total. The van der Waals surface area contributed by atoms with Gasteiger partial charge in [-0.25, -0.2) is 4.98 Å². The summed E-state index contributed by atoms with van der Waals surface area (Å²) in [6.45, 7) is 3.07. The molecule has 1 aliphatic rings. The molecule has 0 aromatic carbocycles. The maximum Gasteiger partial charge on any atom is 0.433 e. The molecular weight excluding hydrogens is 301 g/mol. The number of nitrogens with zero attached hydrogens (tertiary/aromatic N) is 6. The molecule has 0 aliphatic carbocycles. The van der Waals surface area contributed by atoms with Crippen LogP contribution in [0.4, 0.5) is 19.0 Å². The van der Waals surface area contributed by atoms with Crippen LogP contribution in [0.3, 0.4) is 0 Å². The molecule has 1 N–H and O–H groups in total. The van der Waals surface area contributed by atoms with Gasteiger partial charge in [-0.2, -0.15) is 27.8 Å². The molecule has 3 rings (SSSR count). The lowest BCUT2D eigenvalue weighted by Gasteiger charge is -2.35. The highest BCUT2D eigenvalue weighted by atomic mass is 19.4. The third-order valence-electron chi connectivity index (χ3n) is 3.64. The average molecular weight is 316 g/mol. The van der Waals surface area contributed by atoms with Crippen LogP contribution in [0, 0.1) is 0 Å². The summed E-state index contributed by atoms with van der Waals surface area (Å²) in [6.07, 6.45) is -3.34. The molecule has 0 saturated carbocycles. The molecule has 120 valence electrons. The smallest absolute Gasteiger partial charge is 0.395 e. The summed E-state index contributed by atoms with van der Waals surface area (Å²) in [5.74, 6) is 0.265. The van der Waals surface area contributed by atoms with Crippen LogP contribution in [-0.2, 0) is 6.18 Å². The van der Waals surface area contributed by atoms with Crippen molar-refractivity contribution in [1.82, 2.24) is 24.5 Å². The van der Waals surface area contributed by atoms with Gasteiger partial charge in [0.1, 0.15) is 12.1 Å². The molecule has 0 amide bonds. The Bertz CT molecular complexity index is 650. The minimum absolute atomic E-state index is 0.0670. The first kappa shape index (κ1) is 15.0. The molecule has 2 aromatic heterocycles. The number of aliphatic hydroxyl groups excluding tert-OH is 1. The Labute approximate surface area is 124 Å². The molecule has 1 aliphatic heterocycles. The molecule has 3 heterocycles. The van der Waals surface area contributed by atoms with Gasteiger partial charge in [-0.1, -0.05) is 0 Å². The summed E-state index contributed by atoms with van der Waals surface area (Å²) in [4.78, 5) is 11.1. The van der Waals surface area contributed by atoms with Crippen molar-refractivity contribution in [3.63, 3.8) is 0 Å². The van der Waals surface area contributed by atoms with Crippen molar-refractivity contribution in [1.29, 1.82) is 0 Å². The standard InChI is InChI=1S/C12H15F3N6O/c13-12(14,15)9-7-10(21-11(18-9)16-8-17-21)20-3-1-19(2-4-20)5-6-22/h7-8,22H,1-6H2. The maximum absolute atomic E-state index is 13.0. The highest BCUT2D eigenvalue weighted by Crippen LogP contribution is 2.30. The zero-order valence-electron chi connectivity index (χ0n) is 11.7. The summed E-state index contributed by atoms with van der Waals surface area (Å²) in [5.41, 5.74) is -0.971. The normalized spacial score (nSPS) is 17.4. The zero-order valence-corrected chi connectivity index (χ0v) is 11.7. The highest BCUT2D eigenvalue weighted by molar-refractivity contribution is 5.48. The second kappa shape index (κ2) is 5.69. The first-order valence-corrected chi connectivity index (χ1v) is 6.85. The van der Waals surface area contributed by atoms with Crippen molar-refractivity contribution in [3.05, 3.63) is 18.1 Å². The topological polar surface area (TPSA) is 69.8 Å². The van der Waals surface area contributed by atoms with E-state index < -0.39 is 11.9 Å². The quantitative estimate of drug-likeness (QED) is 0.876. The van der Waals surface area contributed by atoms with Crippen molar-refractivity contribution < 1.29 is 18.3 Å². The number of halogens is 3. The van der Waals surface area contributed by atoms with Crippen LogP contribution in [0.25, 0.3) is 5.78 Å². The van der Waals surface area contributed by atoms with Gasteiger partial charge in [0.15, 0.2) is 5.69 Å². The first-order valence-electron chi connectivity index (χ1n) is 6.85. The monoisotopic (exact) mass is 316 g/mol. The van der Waals surface area contributed by atoms with Crippen LogP contribution in [0.15, 0.2) is 12.4 Å². The van der Waals surface area contributed by atoms with E-state index in [0.717, 1.165) is 6.07 Å². The largest absolute Gasteiger partial charge is 0.433 e. The van der Waals surface area contributed by atoms with E-state index in [0.29, 0.717) is 38.5 Å². The second-order valence-corrected chi connectivity index (χ2v) is 5.02. The predicted molar refractivity (Wildman–Crippen MR) is 71.5 cm³/mol. The van der Waals surface area contributed by atoms with Crippen LogP contribution < -0.4 is 4.90 Å². The van der Waals surface area contributed by atoms with Crippen LogP contribution in [-0.4, -0.2) is 68.9 Å². The minimum Gasteiger partial charge on any atom is -0.395 e. The van der Waals surface area contributed by atoms with Crippen molar-refractivity contribution >= 4 is 11.6 Å². The molecular formula is C12H15F3N6O. The highest BCUT2D eigenvalue weighted by Gasteiger charge is 2.35. The van der Waals surface area contributed by atoms with E-state index in [1.54, 1.807) is 0 Å². The van der Waals surface area contributed by atoms with E-state index in [-0.39, 0.29) is 12.4 Å². The van der Waals surface area contributed by atoms with Gasteiger partial charge in [-0.3, -0.25) is 4.90 Å². The fraction of sp³-hybridized carbons (Fsp3) is 0.583. The van der Waals surface area contributed by atoms with Crippen LogP contribution in [0.1, 0.15) is 5.69 Å². The van der Waals surface area contributed by atoms with E-state index in [1.165, 1.54) is 10.8 Å². The molecule has 0 atom stereocenters. The van der Waals surface area contributed by atoms with Crippen LogP contribution >= 0.6 is 0 Å². The lowest BCUT2D eigenvalue weighted by atomic mass is 10.3. The van der Waals surface area contributed by atoms with Crippen molar-refractivity contribution in [3.8, 4) is 0 Å². The summed E-state index contributed by atoms with van der Waals surface area (Å²) < 4.78 is 40.2. The van der Waals surface area contributed by atoms with E-state index in [1.807, 2.05) is 4.90 Å². The van der Waals surface area contributed by atoms with E-state index in [4.69, 9.17) is 5.11 Å². The number of piperazine rings is 1. The number of hydrogen-bond acceptors (Lipinski definition) is 6. The van der Waals surface area contributed by atoms with E-state index in [9.17, 15) is 13.2 Å². The summed E-state index contributed by atoms with van der Waals surface area (Å²) >= 11 is 0. The zero-order chi connectivity index (χ0) is 15.7. The Morgan fingerprint density at radius 2 is 1.91 bits per heavy atom. The molecule has 0 unspecified atom stereocenters. The summed E-state index contributed by atoms with van der Waals surface area (Å²) in [5, 5.41) is 12.9. The van der Waals surface area contributed by atoms with Gasteiger partial charge in [-0.15, -0.1) is 0 Å². The Kier molecular flexibility index (Phi) is 3.87. The fourth-order valence-corrected chi connectivity index (χ4v) is 2.51. The number of fused-ring (bicyclic) bond motifs is 1. The molecule has 0 spiro atoms. The predicted octanol–water partition coefficient (Wildman–Crippen LogP) is 0.257. The number of aromatic nitrogens is 4. The van der Waals surface area contributed by atoms with Gasteiger partial charge >= 0.3 is 6.18 Å². The van der Waals surface area contributed by atoms with Crippen molar-refractivity contribution in [2.45, 2.75) is 6.18 Å². The Hall–Kier alpha value is -1.94. The Morgan fingerprint density at radius 1 is 1.18 bits per heavy atom. The number of rotatable bonds is 3. The van der Waals surface area contributed by atoms with Gasteiger partial charge in [0.05, 0.1) is 6.61 Å². The molecule has 10 heteroatoms. The molecule has 0 radical (unpaired) electrons. The van der Waals surface area contributed by atoms with Crippen LogP contribution in [0.5, 0.6) is 0 Å². The first-order chi connectivity index (χ1) is 10.5. The molecule has 0 bridgehead atoms. The van der Waals surface area contributed by atoms with Gasteiger partial charge in [0, 0.05) is 38.8 Å². The lowest BCUT2D eigenvalue weighted by Crippen LogP contribution is -2.47. The Morgan fingerprint density at radius 3 is 2.55 bits per heavy atom. The number of anilines is 1. The fourth-order valence-electron chi connectivity index (χ4n) is 2.51. The maximum atomic E-state index is 13.0. The second-order valence-electron chi connectivity index (χ2n) is 5.02. The number of alkyl halides is 3. The number of hydrogen-bond donors (Lipinski definition) is 1. The summed E-state index contributed by atoms with van der Waals surface area (Å²) in [7, 11) is 0. The molecule has 2 aromatic rings.